The Morgan fingerprint density at radius 2 is 1.14 bits per heavy atom. The third-order valence-corrected chi connectivity index (χ3v) is 13.6. The Kier molecular flexibility index (Phi) is 6.98. The second kappa shape index (κ2) is 10.6. The molecule has 2 nitrogen and oxygen atoms in total. The van der Waals surface area contributed by atoms with E-state index in [1.807, 2.05) is 0 Å². The zero-order valence-electron chi connectivity index (χ0n) is 32.6. The number of aromatic nitrogens is 2. The van der Waals surface area contributed by atoms with Gasteiger partial charge in [-0.2, -0.15) is 5.46 Å². The minimum absolute atomic E-state index is 0.0815. The van der Waals surface area contributed by atoms with Crippen LogP contribution in [-0.4, -0.2) is 17.6 Å². The first kappa shape index (κ1) is 32.9. The molecule has 8 rings (SSSR count). The Balaban J connectivity index is 1.57. The van der Waals surface area contributed by atoms with Crippen LogP contribution in [-0.2, 0) is 12.4 Å². The van der Waals surface area contributed by atoms with Gasteiger partial charge in [0.1, 0.15) is 5.59 Å². The summed E-state index contributed by atoms with van der Waals surface area (Å²) in [6.45, 7) is 28.1. The molecule has 1 unspecified atom stereocenters. The second-order valence-corrected chi connectivity index (χ2v) is 16.9. The van der Waals surface area contributed by atoms with Crippen molar-refractivity contribution in [1.29, 1.82) is 0 Å². The first-order valence-corrected chi connectivity index (χ1v) is 18.6. The largest absolute Gasteiger partial charge is 0.423 e. The summed E-state index contributed by atoms with van der Waals surface area (Å²) >= 11 is 0. The Hall–Kier alpha value is -4.30. The molecule has 2 aliphatic heterocycles. The van der Waals surface area contributed by atoms with Crippen LogP contribution >= 0.6 is 0 Å². The number of hydrogen-bond acceptors (Lipinski definition) is 0. The quantitative estimate of drug-likeness (QED) is 0.178. The van der Waals surface area contributed by atoms with E-state index < -0.39 is 6.28 Å². The first-order valence-electron chi connectivity index (χ1n) is 18.6. The van der Waals surface area contributed by atoms with E-state index in [-0.39, 0.29) is 17.3 Å². The Morgan fingerprint density at radius 1 is 0.660 bits per heavy atom. The molecule has 0 bridgehead atoms. The van der Waals surface area contributed by atoms with Gasteiger partial charge < -0.3 is 4.48 Å². The fourth-order valence-corrected chi connectivity index (χ4v) is 12.8. The highest BCUT2D eigenvalue weighted by atomic mass is 15.2. The number of rotatable bonds is 4. The minimum atomic E-state index is -1.38. The lowest BCUT2D eigenvalue weighted by Crippen LogP contribution is -2.71. The number of allylic oxidation sites excluding steroid dienone is 4. The molecule has 0 amide bonds. The van der Waals surface area contributed by atoms with E-state index in [1.165, 1.54) is 100 Å². The van der Waals surface area contributed by atoms with Crippen LogP contribution in [0.25, 0.3) is 11.4 Å². The maximum absolute atomic E-state index is 2.83. The number of benzene rings is 4. The summed E-state index contributed by atoms with van der Waals surface area (Å²) in [7, 11) is 2.34. The number of fused-ring (bicyclic) bond motifs is 5. The van der Waals surface area contributed by atoms with Crippen LogP contribution in [0.4, 0.5) is 0 Å². The Bertz CT molecular complexity index is 2260. The highest BCUT2D eigenvalue weighted by Gasteiger charge is 2.85. The van der Waals surface area contributed by atoms with Crippen molar-refractivity contribution in [2.45, 2.75) is 93.7 Å². The van der Waals surface area contributed by atoms with E-state index in [1.54, 1.807) is 0 Å². The molecule has 4 heteroatoms. The van der Waals surface area contributed by atoms with Crippen molar-refractivity contribution < 1.29 is 4.48 Å². The van der Waals surface area contributed by atoms with Crippen molar-refractivity contribution in [2.24, 2.45) is 7.05 Å². The second-order valence-electron chi connectivity index (χ2n) is 16.9. The Morgan fingerprint density at radius 3 is 1.66 bits per heavy atom. The fourth-order valence-electron chi connectivity index (χ4n) is 12.8. The van der Waals surface area contributed by atoms with E-state index in [0.717, 1.165) is 0 Å². The molecule has 50 heavy (non-hydrogen) atoms. The van der Waals surface area contributed by atoms with E-state index in [4.69, 9.17) is 0 Å². The van der Waals surface area contributed by atoms with Gasteiger partial charge in [0.25, 0.3) is 6.71 Å². The lowest BCUT2D eigenvalue weighted by molar-refractivity contribution is -0.529. The summed E-state index contributed by atoms with van der Waals surface area (Å²) in [6, 6.07) is 23.8. The maximum atomic E-state index is 2.83. The summed E-state index contributed by atoms with van der Waals surface area (Å²) in [5.41, 5.74) is 23.7. The topological polar surface area (TPSA) is 8.81 Å². The highest BCUT2D eigenvalue weighted by Crippen LogP contribution is 2.81. The molecule has 1 aliphatic carbocycles. The molecule has 0 N–H and O–H groups in total. The number of hydrogen-bond donors (Lipinski definition) is 0. The molecule has 1 fully saturated rings. The molecule has 1 saturated heterocycles. The number of imidazole rings is 1. The lowest BCUT2D eigenvalue weighted by atomic mass is 9.34. The van der Waals surface area contributed by atoms with Crippen molar-refractivity contribution >= 4 is 35.0 Å². The zero-order chi connectivity index (χ0) is 35.8. The third kappa shape index (κ3) is 3.81. The lowest BCUT2D eigenvalue weighted by Gasteiger charge is -2.40. The maximum Gasteiger partial charge on any atom is 0.298 e. The van der Waals surface area contributed by atoms with E-state index >= 15 is 0 Å². The van der Waals surface area contributed by atoms with E-state index in [2.05, 4.69) is 178 Å². The summed E-state index contributed by atoms with van der Waals surface area (Å²) in [5.74, 6) is 1.32. The van der Waals surface area contributed by atoms with Crippen molar-refractivity contribution in [3.05, 3.63) is 146 Å². The van der Waals surface area contributed by atoms with Gasteiger partial charge in [-0.1, -0.05) is 151 Å². The molecule has 1 aromatic heterocycles. The van der Waals surface area contributed by atoms with Crippen molar-refractivity contribution in [1.82, 2.24) is 4.57 Å². The normalized spacial score (nSPS) is 23.0. The van der Waals surface area contributed by atoms with Gasteiger partial charge in [-0.25, -0.2) is 4.57 Å². The number of aryl methyl sites for hydroxylation is 9. The molecule has 0 saturated carbocycles. The standard InChI is InChI=1S/C46H52B2N2/c1-27-18-31(5)41(32(6)19-27)47(42-33(7)20-28(2)21-34(42)8)40-26-50-44(49(40)13)38-16-14-15-17-39(38)46-37(11)24-30(4)25-45(46,12)48(46,50)43-35(9)22-29(3)23-36(43)10/h14-26H,1-13H3/t45-,46-,48?/m1/s1. The average molecular weight is 655 g/mol. The van der Waals surface area contributed by atoms with Gasteiger partial charge in [0, 0.05) is 0 Å². The first-order chi connectivity index (χ1) is 23.6. The fraction of sp³-hybridized carbons (Fsp3) is 0.326. The molecule has 1 spiro atoms. The van der Waals surface area contributed by atoms with E-state index in [9.17, 15) is 0 Å². The predicted molar refractivity (Wildman–Crippen MR) is 216 cm³/mol. The van der Waals surface area contributed by atoms with Crippen LogP contribution in [0.1, 0.15) is 76.4 Å². The van der Waals surface area contributed by atoms with Crippen molar-refractivity contribution in [3.63, 3.8) is 0 Å². The Labute approximate surface area is 301 Å². The van der Waals surface area contributed by atoms with Gasteiger partial charge >= 0.3 is 0 Å². The molecular weight excluding hydrogens is 602 g/mol. The predicted octanol–water partition coefficient (Wildman–Crippen LogP) is 7.44. The van der Waals surface area contributed by atoms with Gasteiger partial charge in [0.05, 0.1) is 18.8 Å². The molecule has 0 radical (unpaired) electrons. The van der Waals surface area contributed by atoms with Gasteiger partial charge in [-0.15, -0.1) is 11.4 Å². The van der Waals surface area contributed by atoms with E-state index in [0.29, 0.717) is 0 Å². The van der Waals surface area contributed by atoms with Gasteiger partial charge in [-0.3, -0.25) is 0 Å². The zero-order valence-corrected chi connectivity index (χ0v) is 32.6. The minimum Gasteiger partial charge on any atom is -0.423 e. The molecule has 5 aromatic rings. The summed E-state index contributed by atoms with van der Waals surface area (Å²) < 4.78 is 5.42. The van der Waals surface area contributed by atoms with Crippen molar-refractivity contribution in [3.8, 4) is 11.4 Å². The molecule has 3 atom stereocenters. The van der Waals surface area contributed by atoms with Crippen molar-refractivity contribution in [2.75, 3.05) is 0 Å². The molecule has 252 valence electrons. The molecule has 4 aromatic carbocycles. The molecule has 3 aliphatic rings. The van der Waals surface area contributed by atoms with Crippen LogP contribution in [0.2, 0.25) is 5.31 Å². The highest BCUT2D eigenvalue weighted by molar-refractivity contribution is 7.03. The SMILES string of the molecule is CC1=C[C@@]2(C)[B-]3(c4c(C)cc(C)cc4C)[n+]4cc(B(c5c(C)cc(C)cc5C)c5c(C)cc(C)cc5C)n(C)c4-c4ccccc4[C@@]32C(C)=C1. The summed E-state index contributed by atoms with van der Waals surface area (Å²) in [6.07, 6.45) is 6.37. The van der Waals surface area contributed by atoms with Gasteiger partial charge in [0.15, 0.2) is 0 Å². The number of nitrogens with zero attached hydrogens (tertiary/aromatic N) is 2. The van der Waals surface area contributed by atoms with Crippen LogP contribution in [0.5, 0.6) is 0 Å². The van der Waals surface area contributed by atoms with Crippen LogP contribution < -0.4 is 26.5 Å². The smallest absolute Gasteiger partial charge is 0.298 e. The molecule has 3 heterocycles. The average Bonchev–Trinajstić information content (AvgIpc) is 3.31. The van der Waals surface area contributed by atoms with Crippen LogP contribution in [0.3, 0.4) is 0 Å². The van der Waals surface area contributed by atoms with Gasteiger partial charge in [0.2, 0.25) is 12.1 Å². The molecular formula is C46H52B2N2. The summed E-state index contributed by atoms with van der Waals surface area (Å²) in [4.78, 5) is 0. The van der Waals surface area contributed by atoms with Crippen LogP contribution in [0, 0.1) is 62.3 Å². The van der Waals surface area contributed by atoms with Crippen LogP contribution in [0.15, 0.2) is 90.2 Å². The summed E-state index contributed by atoms with van der Waals surface area (Å²) in [5, 5.41) is -0.253. The third-order valence-electron chi connectivity index (χ3n) is 13.6. The van der Waals surface area contributed by atoms with Gasteiger partial charge in [-0.05, 0) is 82.2 Å². The monoisotopic (exact) mass is 654 g/mol.